The molecule has 34 heavy (non-hydrogen) atoms. The molecule has 0 unspecified atom stereocenters. The van der Waals surface area contributed by atoms with E-state index in [1.165, 1.54) is 172 Å². The van der Waals surface area contributed by atoms with E-state index in [0.29, 0.717) is 0 Å². The summed E-state index contributed by atoms with van der Waals surface area (Å²) in [5, 5.41) is 0. The molecule has 206 valence electrons. The Morgan fingerprint density at radius 1 is 0.324 bits per heavy atom. The van der Waals surface area contributed by atoms with Crippen LogP contribution in [0.5, 0.6) is 0 Å². The van der Waals surface area contributed by atoms with Gasteiger partial charge in [-0.15, -0.1) is 0 Å². The van der Waals surface area contributed by atoms with Crippen molar-refractivity contribution >= 4 is 8.32 Å². The smallest absolute Gasteiger partial charge is 0.192 e. The third-order valence-corrected chi connectivity index (χ3v) is 12.6. The van der Waals surface area contributed by atoms with Gasteiger partial charge >= 0.3 is 0 Å². The van der Waals surface area contributed by atoms with Gasteiger partial charge in [0.25, 0.3) is 0 Å². The molecule has 0 spiro atoms. The van der Waals surface area contributed by atoms with Gasteiger partial charge in [0.15, 0.2) is 8.32 Å². The fraction of sp³-hybridized carbons (Fsp3) is 1.00. The summed E-state index contributed by atoms with van der Waals surface area (Å²) in [6, 6.07) is 4.34. The summed E-state index contributed by atoms with van der Waals surface area (Å²) in [7, 11) is -1.54. The van der Waals surface area contributed by atoms with Crippen LogP contribution in [-0.4, -0.2) is 14.9 Å². The molecule has 0 atom stereocenters. The fourth-order valence-electron chi connectivity index (χ4n) is 5.64. The predicted octanol–water partition coefficient (Wildman–Crippen LogP) is 12.4. The predicted molar refractivity (Wildman–Crippen MR) is 160 cm³/mol. The minimum atomic E-state index is -1.54. The number of hydrogen-bond acceptors (Lipinski definition) is 1. The van der Waals surface area contributed by atoms with Crippen LogP contribution >= 0.6 is 0 Å². The fourth-order valence-corrected chi connectivity index (χ4v) is 10.1. The lowest BCUT2D eigenvalue weighted by Crippen LogP contribution is -2.38. The lowest BCUT2D eigenvalue weighted by Gasteiger charge is -2.32. The third kappa shape index (κ3) is 22.6. The Hall–Kier alpha value is 0.177. The van der Waals surface area contributed by atoms with Crippen LogP contribution in [0.2, 0.25) is 18.1 Å². The molecule has 0 heterocycles. The maximum absolute atomic E-state index is 6.75. The van der Waals surface area contributed by atoms with E-state index in [0.717, 1.165) is 6.61 Å². The Morgan fingerprint density at radius 3 is 0.794 bits per heavy atom. The Labute approximate surface area is 219 Å². The van der Waals surface area contributed by atoms with Crippen molar-refractivity contribution in [1.29, 1.82) is 0 Å². The summed E-state index contributed by atoms with van der Waals surface area (Å²) >= 11 is 0. The third-order valence-electron chi connectivity index (χ3n) is 7.91. The van der Waals surface area contributed by atoms with Crippen molar-refractivity contribution in [3.8, 4) is 0 Å². The van der Waals surface area contributed by atoms with Crippen molar-refractivity contribution in [3.63, 3.8) is 0 Å². The Bertz CT molecular complexity index is 320. The van der Waals surface area contributed by atoms with Crippen LogP contribution in [0.1, 0.15) is 182 Å². The first-order valence-corrected chi connectivity index (χ1v) is 18.9. The van der Waals surface area contributed by atoms with Gasteiger partial charge in [-0.1, -0.05) is 175 Å². The van der Waals surface area contributed by atoms with Crippen molar-refractivity contribution in [3.05, 3.63) is 0 Å². The molecule has 0 fully saturated rings. The molecule has 0 N–H and O–H groups in total. The topological polar surface area (TPSA) is 9.23 Å². The molecule has 2 heteroatoms. The van der Waals surface area contributed by atoms with Gasteiger partial charge in [-0.2, -0.15) is 0 Å². The van der Waals surface area contributed by atoms with E-state index < -0.39 is 8.32 Å². The highest BCUT2D eigenvalue weighted by Gasteiger charge is 2.32. The molecule has 0 aromatic heterocycles. The van der Waals surface area contributed by atoms with E-state index in [-0.39, 0.29) is 0 Å². The zero-order chi connectivity index (χ0) is 25.0. The minimum absolute atomic E-state index is 0.956. The molecule has 0 saturated heterocycles. The summed E-state index contributed by atoms with van der Waals surface area (Å²) in [5.74, 6) is 0. The molecule has 0 amide bonds. The Balaban J connectivity index is 4.38. The van der Waals surface area contributed by atoms with Gasteiger partial charge in [0.1, 0.15) is 0 Å². The maximum Gasteiger partial charge on any atom is 0.192 e. The van der Waals surface area contributed by atoms with Crippen molar-refractivity contribution in [2.24, 2.45) is 0 Å². The highest BCUT2D eigenvalue weighted by Crippen LogP contribution is 2.31. The van der Waals surface area contributed by atoms with Crippen LogP contribution in [0.3, 0.4) is 0 Å². The average molecular weight is 497 g/mol. The van der Waals surface area contributed by atoms with Crippen LogP contribution in [0, 0.1) is 0 Å². The number of rotatable bonds is 29. The Kier molecular flexibility index (Phi) is 27.9. The average Bonchev–Trinajstić information content (AvgIpc) is 2.84. The molecule has 0 aliphatic rings. The van der Waals surface area contributed by atoms with Gasteiger partial charge in [-0.25, -0.2) is 0 Å². The van der Waals surface area contributed by atoms with E-state index in [9.17, 15) is 0 Å². The van der Waals surface area contributed by atoms with Crippen LogP contribution in [0.15, 0.2) is 0 Å². The lowest BCUT2D eigenvalue weighted by molar-refractivity contribution is 0.313. The summed E-state index contributed by atoms with van der Waals surface area (Å²) in [6.07, 6.45) is 34.5. The quantitative estimate of drug-likeness (QED) is 0.0738. The van der Waals surface area contributed by atoms with Gasteiger partial charge in [0.2, 0.25) is 0 Å². The monoisotopic (exact) mass is 497 g/mol. The summed E-state index contributed by atoms with van der Waals surface area (Å²) in [6.45, 7) is 10.2. The van der Waals surface area contributed by atoms with E-state index >= 15 is 0 Å². The first-order chi connectivity index (χ1) is 16.7. The second-order valence-electron chi connectivity index (χ2n) is 11.3. The van der Waals surface area contributed by atoms with Gasteiger partial charge in [0.05, 0.1) is 0 Å². The van der Waals surface area contributed by atoms with Gasteiger partial charge < -0.3 is 4.43 Å². The minimum Gasteiger partial charge on any atom is -0.417 e. The van der Waals surface area contributed by atoms with E-state index in [2.05, 4.69) is 27.7 Å². The second-order valence-corrected chi connectivity index (χ2v) is 15.4. The largest absolute Gasteiger partial charge is 0.417 e. The lowest BCUT2D eigenvalue weighted by atomic mass is 10.1. The highest BCUT2D eigenvalue weighted by atomic mass is 28.4. The number of unbranched alkanes of at least 4 members (excludes halogenated alkanes) is 21. The van der Waals surface area contributed by atoms with E-state index in [1.807, 2.05) is 0 Å². The zero-order valence-electron chi connectivity index (χ0n) is 24.7. The van der Waals surface area contributed by atoms with Crippen LogP contribution in [0.4, 0.5) is 0 Å². The summed E-state index contributed by atoms with van der Waals surface area (Å²) in [4.78, 5) is 0. The summed E-state index contributed by atoms with van der Waals surface area (Å²) in [5.41, 5.74) is 0. The molecule has 0 radical (unpaired) electrons. The Morgan fingerprint density at radius 2 is 0.559 bits per heavy atom. The first kappa shape index (κ1) is 34.2. The van der Waals surface area contributed by atoms with E-state index in [4.69, 9.17) is 4.43 Å². The highest BCUT2D eigenvalue weighted by molar-refractivity contribution is 6.73. The zero-order valence-corrected chi connectivity index (χ0v) is 25.7. The van der Waals surface area contributed by atoms with Crippen LogP contribution in [-0.2, 0) is 4.43 Å². The maximum atomic E-state index is 6.75. The van der Waals surface area contributed by atoms with Crippen molar-refractivity contribution < 1.29 is 4.43 Å². The molecular formula is C32H68OSi. The first-order valence-electron chi connectivity index (χ1n) is 16.4. The molecule has 0 aromatic carbocycles. The standard InChI is InChI=1S/C32H68OSi/c1-5-9-12-15-18-21-24-27-30-34(33-8-4,31-28-25-22-19-16-13-10-6-2)32-29-26-23-20-17-14-11-7-3/h5-32H2,1-4H3. The van der Waals surface area contributed by atoms with Crippen LogP contribution < -0.4 is 0 Å². The normalized spacial score (nSPS) is 12.0. The molecule has 0 saturated carbocycles. The molecule has 0 aliphatic carbocycles. The van der Waals surface area contributed by atoms with Gasteiger partial charge in [-0.3, -0.25) is 0 Å². The molecule has 0 aromatic rings. The van der Waals surface area contributed by atoms with Crippen LogP contribution in [0.25, 0.3) is 0 Å². The SMILES string of the molecule is CCCCCCCCCC[Si](CCCCCCCCCC)(CCCCCCCCCC)OCC. The molecule has 0 aliphatic heterocycles. The van der Waals surface area contributed by atoms with Crippen molar-refractivity contribution in [2.45, 2.75) is 200 Å². The number of hydrogen-bond donors (Lipinski definition) is 0. The summed E-state index contributed by atoms with van der Waals surface area (Å²) < 4.78 is 6.75. The second kappa shape index (κ2) is 27.8. The van der Waals surface area contributed by atoms with E-state index in [1.54, 1.807) is 0 Å². The van der Waals surface area contributed by atoms with Crippen molar-refractivity contribution in [2.75, 3.05) is 6.61 Å². The molecular weight excluding hydrogens is 428 g/mol. The molecule has 0 rings (SSSR count). The molecule has 0 bridgehead atoms. The van der Waals surface area contributed by atoms with Crippen molar-refractivity contribution in [1.82, 2.24) is 0 Å². The van der Waals surface area contributed by atoms with Gasteiger partial charge in [-0.05, 0) is 25.1 Å². The molecule has 1 nitrogen and oxygen atoms in total. The van der Waals surface area contributed by atoms with Gasteiger partial charge in [0, 0.05) is 6.61 Å².